The van der Waals surface area contributed by atoms with Crippen molar-refractivity contribution < 1.29 is 9.59 Å². The van der Waals surface area contributed by atoms with Gasteiger partial charge in [-0.25, -0.2) is 0 Å². The summed E-state index contributed by atoms with van der Waals surface area (Å²) >= 11 is 0. The van der Waals surface area contributed by atoms with Gasteiger partial charge in [-0.3, -0.25) is 19.6 Å². The lowest BCUT2D eigenvalue weighted by atomic mass is 9.82. The number of hydrogen-bond donors (Lipinski definition) is 0. The predicted octanol–water partition coefficient (Wildman–Crippen LogP) is 8.43. The van der Waals surface area contributed by atoms with Crippen LogP contribution in [0.25, 0.3) is 44.5 Å². The molecule has 6 nitrogen and oxygen atoms in total. The van der Waals surface area contributed by atoms with Crippen molar-refractivity contribution in [2.75, 3.05) is 22.9 Å². The Labute approximate surface area is 270 Å². The van der Waals surface area contributed by atoms with Crippen LogP contribution in [0, 0.1) is 0 Å². The molecule has 46 heavy (non-hydrogen) atoms. The van der Waals surface area contributed by atoms with Crippen LogP contribution in [-0.2, 0) is 20.4 Å². The van der Waals surface area contributed by atoms with Crippen LogP contribution in [0.2, 0.25) is 0 Å². The zero-order valence-electron chi connectivity index (χ0n) is 27.3. The van der Waals surface area contributed by atoms with Gasteiger partial charge in [-0.2, -0.15) is 0 Å². The first kappa shape index (κ1) is 29.6. The summed E-state index contributed by atoms with van der Waals surface area (Å²) in [5, 5.41) is 0. The Kier molecular flexibility index (Phi) is 6.93. The normalized spacial score (nSPS) is 14.6. The molecule has 2 amide bonds. The van der Waals surface area contributed by atoms with E-state index in [9.17, 15) is 9.59 Å². The smallest absolute Gasteiger partial charge is 0.247 e. The number of hydrogen-bond acceptors (Lipinski definition) is 4. The Bertz CT molecular complexity index is 1850. The molecule has 4 heterocycles. The van der Waals surface area contributed by atoms with Crippen molar-refractivity contribution in [1.29, 1.82) is 0 Å². The van der Waals surface area contributed by atoms with Crippen LogP contribution in [0.15, 0.2) is 97.6 Å². The van der Waals surface area contributed by atoms with E-state index < -0.39 is 0 Å². The van der Waals surface area contributed by atoms with Crippen molar-refractivity contribution in [2.45, 2.75) is 52.4 Å². The molecule has 230 valence electrons. The molecule has 0 aliphatic carbocycles. The number of anilines is 2. The monoisotopic (exact) mass is 606 g/mol. The van der Waals surface area contributed by atoms with Crippen LogP contribution in [0.1, 0.15) is 52.7 Å². The van der Waals surface area contributed by atoms with Crippen molar-refractivity contribution in [3.05, 3.63) is 109 Å². The summed E-state index contributed by atoms with van der Waals surface area (Å²) in [6.07, 6.45) is 7.55. The van der Waals surface area contributed by atoms with Gasteiger partial charge in [0.15, 0.2) is 0 Å². The van der Waals surface area contributed by atoms with E-state index in [-0.39, 0.29) is 22.6 Å². The zero-order valence-corrected chi connectivity index (χ0v) is 27.3. The summed E-state index contributed by atoms with van der Waals surface area (Å²) in [7, 11) is 0. The van der Waals surface area contributed by atoms with E-state index in [1.54, 1.807) is 9.80 Å². The van der Waals surface area contributed by atoms with E-state index >= 15 is 0 Å². The maximum atomic E-state index is 12.5. The Balaban J connectivity index is 1.31. The van der Waals surface area contributed by atoms with E-state index in [0.29, 0.717) is 13.1 Å². The van der Waals surface area contributed by atoms with Crippen molar-refractivity contribution in [3.63, 3.8) is 0 Å². The molecule has 2 fully saturated rings. The molecule has 2 aliphatic rings. The largest absolute Gasteiger partial charge is 0.301 e. The second-order valence-electron chi connectivity index (χ2n) is 14.3. The van der Waals surface area contributed by atoms with Gasteiger partial charge in [0.1, 0.15) is 13.1 Å². The Morgan fingerprint density at radius 1 is 0.500 bits per heavy atom. The van der Waals surface area contributed by atoms with E-state index in [1.807, 2.05) is 24.8 Å². The van der Waals surface area contributed by atoms with Gasteiger partial charge in [-0.05, 0) is 68.5 Å². The number of rotatable bonds is 6. The van der Waals surface area contributed by atoms with E-state index in [1.165, 1.54) is 11.1 Å². The fourth-order valence-corrected chi connectivity index (χ4v) is 6.34. The lowest BCUT2D eigenvalue weighted by Gasteiger charge is -2.23. The number of aromatic nitrogens is 2. The van der Waals surface area contributed by atoms with Gasteiger partial charge in [-0.15, -0.1) is 0 Å². The quantitative estimate of drug-likeness (QED) is 0.182. The fraction of sp³-hybridized carbons (Fsp3) is 0.250. The molecule has 0 saturated carbocycles. The highest BCUT2D eigenvalue weighted by molar-refractivity contribution is 6.18. The minimum absolute atomic E-state index is 0.0230. The second-order valence-corrected chi connectivity index (χ2v) is 14.3. The molecule has 0 radical (unpaired) electrons. The molecular weight excluding hydrogens is 568 g/mol. The fourth-order valence-electron chi connectivity index (χ4n) is 6.34. The van der Waals surface area contributed by atoms with Gasteiger partial charge >= 0.3 is 0 Å². The Morgan fingerprint density at radius 2 is 0.804 bits per heavy atom. The summed E-state index contributed by atoms with van der Waals surface area (Å²) < 4.78 is 0. The molecule has 0 unspecified atom stereocenters. The predicted molar refractivity (Wildman–Crippen MR) is 186 cm³/mol. The molecule has 2 saturated heterocycles. The summed E-state index contributed by atoms with van der Waals surface area (Å²) in [5.41, 5.74) is 12.4. The molecule has 2 aliphatic heterocycles. The molecule has 0 bridgehead atoms. The molecular formula is C40H38N4O2. The average Bonchev–Trinajstić information content (AvgIpc) is 3.97. The standard InChI is InChI=1S/C40H38N4O2/c1-39(2,3)33-15-17-41-21-31(33)27-11-7-25(8-12-27)29-19-36(44-24-38(44)46)30(20-35(29)43-23-37(43)45)26-9-13-28(14-10-26)32-22-42-18-16-34(32)40(4,5)6/h7-22H,23-24H2,1-6H3. The van der Waals surface area contributed by atoms with Crippen LogP contribution in [0.3, 0.4) is 0 Å². The first-order valence-electron chi connectivity index (χ1n) is 15.8. The number of carbonyl (C=O) groups excluding carboxylic acids is 2. The third-order valence-corrected chi connectivity index (χ3v) is 8.95. The number of nitrogens with zero attached hydrogens (tertiary/aromatic N) is 4. The minimum atomic E-state index is -0.0230. The molecule has 5 aromatic rings. The van der Waals surface area contributed by atoms with Crippen LogP contribution in [0.4, 0.5) is 11.4 Å². The van der Waals surface area contributed by atoms with Gasteiger partial charge < -0.3 is 9.80 Å². The topological polar surface area (TPSA) is 65.9 Å². The highest BCUT2D eigenvalue weighted by Crippen LogP contribution is 2.46. The van der Waals surface area contributed by atoms with Crippen molar-refractivity contribution in [1.82, 2.24) is 9.97 Å². The third-order valence-electron chi connectivity index (χ3n) is 8.95. The van der Waals surface area contributed by atoms with Crippen molar-refractivity contribution >= 4 is 23.2 Å². The molecule has 0 N–H and O–H groups in total. The Morgan fingerprint density at radius 3 is 1.09 bits per heavy atom. The highest BCUT2D eigenvalue weighted by Gasteiger charge is 2.38. The average molecular weight is 607 g/mol. The summed E-state index contributed by atoms with van der Waals surface area (Å²) in [4.78, 5) is 37.5. The molecule has 3 aromatic carbocycles. The first-order chi connectivity index (χ1) is 21.9. The van der Waals surface area contributed by atoms with Gasteiger partial charge in [0.25, 0.3) is 0 Å². The molecule has 0 atom stereocenters. The number of carbonyl (C=O) groups is 2. The lowest BCUT2D eigenvalue weighted by Crippen LogP contribution is -2.12. The lowest BCUT2D eigenvalue weighted by molar-refractivity contribution is -0.110. The SMILES string of the molecule is CC(C)(C)c1ccncc1-c1ccc(-c2cc(N3CC3=O)c(-c3ccc(-c4cnccc4C(C)(C)C)cc3)cc2N2CC2=O)cc1. The molecule has 6 heteroatoms. The van der Waals surface area contributed by atoms with Gasteiger partial charge in [0.05, 0.1) is 11.4 Å². The van der Waals surface area contributed by atoms with E-state index in [0.717, 1.165) is 55.9 Å². The van der Waals surface area contributed by atoms with Crippen LogP contribution in [0.5, 0.6) is 0 Å². The van der Waals surface area contributed by atoms with E-state index in [2.05, 4.69) is 124 Å². The van der Waals surface area contributed by atoms with Crippen LogP contribution >= 0.6 is 0 Å². The second kappa shape index (κ2) is 10.8. The maximum absolute atomic E-state index is 12.5. The first-order valence-corrected chi connectivity index (χ1v) is 15.8. The van der Waals surface area contributed by atoms with Crippen molar-refractivity contribution in [2.24, 2.45) is 0 Å². The molecule has 2 aromatic heterocycles. The number of amides is 2. The summed E-state index contributed by atoms with van der Waals surface area (Å²) in [5.74, 6) is 0.178. The van der Waals surface area contributed by atoms with Crippen LogP contribution < -0.4 is 9.80 Å². The Hall–Kier alpha value is -5.10. The third kappa shape index (κ3) is 5.49. The number of benzene rings is 3. The maximum Gasteiger partial charge on any atom is 0.247 e. The van der Waals surface area contributed by atoms with E-state index in [4.69, 9.17) is 0 Å². The van der Waals surface area contributed by atoms with Gasteiger partial charge in [-0.1, -0.05) is 90.1 Å². The van der Waals surface area contributed by atoms with Crippen LogP contribution in [-0.4, -0.2) is 34.9 Å². The summed E-state index contributed by atoms with van der Waals surface area (Å²) in [6, 6.07) is 25.2. The van der Waals surface area contributed by atoms with Crippen molar-refractivity contribution in [3.8, 4) is 44.5 Å². The minimum Gasteiger partial charge on any atom is -0.301 e. The molecule has 0 spiro atoms. The summed E-state index contributed by atoms with van der Waals surface area (Å²) in [6.45, 7) is 14.0. The molecule has 7 rings (SSSR count). The number of pyridine rings is 2. The zero-order chi connectivity index (χ0) is 32.4. The highest BCUT2D eigenvalue weighted by atomic mass is 16.2. The van der Waals surface area contributed by atoms with Gasteiger partial charge in [0, 0.05) is 47.0 Å². The van der Waals surface area contributed by atoms with Gasteiger partial charge in [0.2, 0.25) is 11.8 Å².